The van der Waals surface area contributed by atoms with Gasteiger partial charge in [0.1, 0.15) is 12.6 Å². The molecule has 0 aromatic heterocycles. The molecule has 0 spiro atoms. The van der Waals surface area contributed by atoms with E-state index < -0.39 is 28.5 Å². The van der Waals surface area contributed by atoms with Gasteiger partial charge in [0.15, 0.2) is 0 Å². The minimum atomic E-state index is -4.09. The average Bonchev–Trinajstić information content (AvgIpc) is 2.90. The highest BCUT2D eigenvalue weighted by atomic mass is 32.2. The minimum absolute atomic E-state index is 0.0948. The van der Waals surface area contributed by atoms with Crippen LogP contribution in [0.25, 0.3) is 0 Å². The van der Waals surface area contributed by atoms with E-state index in [4.69, 9.17) is 0 Å². The summed E-state index contributed by atoms with van der Waals surface area (Å²) in [5, 5.41) is 2.91. The van der Waals surface area contributed by atoms with E-state index in [1.807, 2.05) is 71.0 Å². The number of amides is 2. The lowest BCUT2D eigenvalue weighted by Gasteiger charge is -2.33. The van der Waals surface area contributed by atoms with E-state index in [9.17, 15) is 18.0 Å². The van der Waals surface area contributed by atoms with Crippen molar-refractivity contribution >= 4 is 27.5 Å². The first-order chi connectivity index (χ1) is 18.4. The van der Waals surface area contributed by atoms with Crippen molar-refractivity contribution in [2.45, 2.75) is 59.0 Å². The number of rotatable bonds is 11. The summed E-state index contributed by atoms with van der Waals surface area (Å²) in [6.07, 6.45) is 0. The quantitative estimate of drug-likeness (QED) is 0.365. The zero-order chi connectivity index (χ0) is 28.7. The zero-order valence-corrected chi connectivity index (χ0v) is 24.5. The summed E-state index contributed by atoms with van der Waals surface area (Å²) in [6, 6.07) is 20.5. The first-order valence-electron chi connectivity index (χ1n) is 13.2. The highest BCUT2D eigenvalue weighted by Gasteiger charge is 2.33. The summed E-state index contributed by atoms with van der Waals surface area (Å²) in [5.74, 6) is -0.503. The molecule has 0 bridgehead atoms. The third-order valence-corrected chi connectivity index (χ3v) is 8.50. The second kappa shape index (κ2) is 12.9. The van der Waals surface area contributed by atoms with E-state index >= 15 is 0 Å². The number of para-hydroxylation sites is 1. The number of hydrogen-bond donors (Lipinski definition) is 1. The zero-order valence-electron chi connectivity index (χ0n) is 23.6. The molecule has 7 nitrogen and oxygen atoms in total. The van der Waals surface area contributed by atoms with Crippen LogP contribution in [-0.4, -0.2) is 44.3 Å². The maximum Gasteiger partial charge on any atom is 0.264 e. The third-order valence-electron chi connectivity index (χ3n) is 6.73. The summed E-state index contributed by atoms with van der Waals surface area (Å²) < 4.78 is 29.0. The van der Waals surface area contributed by atoms with Crippen LogP contribution in [0, 0.1) is 26.7 Å². The average molecular weight is 550 g/mol. The van der Waals surface area contributed by atoms with E-state index in [-0.39, 0.29) is 23.3 Å². The van der Waals surface area contributed by atoms with Crippen molar-refractivity contribution in [2.24, 2.45) is 5.92 Å². The Kier molecular flexibility index (Phi) is 9.92. The smallest absolute Gasteiger partial charge is 0.264 e. The fourth-order valence-corrected chi connectivity index (χ4v) is 5.68. The third kappa shape index (κ3) is 7.47. The largest absolute Gasteiger partial charge is 0.354 e. The first-order valence-corrected chi connectivity index (χ1v) is 14.6. The van der Waals surface area contributed by atoms with Gasteiger partial charge < -0.3 is 10.2 Å². The van der Waals surface area contributed by atoms with Crippen molar-refractivity contribution in [3.8, 4) is 0 Å². The van der Waals surface area contributed by atoms with Gasteiger partial charge in [0.25, 0.3) is 10.0 Å². The van der Waals surface area contributed by atoms with Crippen LogP contribution in [-0.2, 0) is 26.2 Å². The number of aryl methyl sites for hydroxylation is 3. The minimum Gasteiger partial charge on any atom is -0.354 e. The fourth-order valence-electron chi connectivity index (χ4n) is 4.20. The van der Waals surface area contributed by atoms with Gasteiger partial charge in [-0.1, -0.05) is 74.0 Å². The Morgan fingerprint density at radius 1 is 0.821 bits per heavy atom. The Balaban J connectivity index is 2.03. The number of sulfonamides is 1. The van der Waals surface area contributed by atoms with Gasteiger partial charge in [-0.25, -0.2) is 8.42 Å². The fraction of sp³-hybridized carbons (Fsp3) is 0.355. The molecule has 0 aliphatic rings. The maximum atomic E-state index is 14.0. The Bertz CT molecular complexity index is 1400. The van der Waals surface area contributed by atoms with Gasteiger partial charge in [0.05, 0.1) is 10.6 Å². The number of nitrogens with one attached hydrogen (secondary N) is 1. The highest BCUT2D eigenvalue weighted by molar-refractivity contribution is 7.92. The van der Waals surface area contributed by atoms with E-state index in [0.29, 0.717) is 17.8 Å². The molecule has 0 saturated heterocycles. The van der Waals surface area contributed by atoms with Gasteiger partial charge in [-0.15, -0.1) is 0 Å². The second-order valence-corrected chi connectivity index (χ2v) is 12.2. The van der Waals surface area contributed by atoms with Crippen molar-refractivity contribution < 1.29 is 18.0 Å². The van der Waals surface area contributed by atoms with Gasteiger partial charge in [-0.2, -0.15) is 0 Å². The number of carbonyl (C=O) groups excluding carboxylic acids is 2. The van der Waals surface area contributed by atoms with Crippen LogP contribution < -0.4 is 9.62 Å². The maximum absolute atomic E-state index is 14.0. The lowest BCUT2D eigenvalue weighted by molar-refractivity contribution is -0.139. The molecule has 1 atom stereocenters. The monoisotopic (exact) mass is 549 g/mol. The molecule has 208 valence electrons. The molecule has 0 unspecified atom stereocenters. The van der Waals surface area contributed by atoms with Crippen LogP contribution in [0.2, 0.25) is 0 Å². The molecule has 3 aromatic carbocycles. The van der Waals surface area contributed by atoms with Crippen LogP contribution in [0.15, 0.2) is 77.7 Å². The van der Waals surface area contributed by atoms with Gasteiger partial charge in [-0.05, 0) is 68.5 Å². The summed E-state index contributed by atoms with van der Waals surface area (Å²) in [5.41, 5.74) is 3.93. The lowest BCUT2D eigenvalue weighted by atomic mass is 10.1. The number of nitrogens with zero attached hydrogens (tertiary/aromatic N) is 2. The molecule has 1 N–H and O–H groups in total. The molecule has 0 heterocycles. The Labute approximate surface area is 232 Å². The van der Waals surface area contributed by atoms with Gasteiger partial charge >= 0.3 is 0 Å². The summed E-state index contributed by atoms with van der Waals surface area (Å²) >= 11 is 0. The van der Waals surface area contributed by atoms with E-state index in [2.05, 4.69) is 5.32 Å². The Hall–Kier alpha value is -3.65. The first kappa shape index (κ1) is 29.9. The van der Waals surface area contributed by atoms with Crippen LogP contribution in [0.3, 0.4) is 0 Å². The van der Waals surface area contributed by atoms with Crippen molar-refractivity contribution in [1.29, 1.82) is 0 Å². The molecular weight excluding hydrogens is 510 g/mol. The Morgan fingerprint density at radius 3 is 2.00 bits per heavy atom. The molecule has 0 saturated carbocycles. The van der Waals surface area contributed by atoms with E-state index in [1.165, 1.54) is 4.90 Å². The van der Waals surface area contributed by atoms with Gasteiger partial charge in [0.2, 0.25) is 11.8 Å². The molecule has 3 rings (SSSR count). The van der Waals surface area contributed by atoms with Crippen LogP contribution in [0.5, 0.6) is 0 Å². The van der Waals surface area contributed by atoms with E-state index in [0.717, 1.165) is 21.0 Å². The molecule has 8 heteroatoms. The molecule has 0 radical (unpaired) electrons. The van der Waals surface area contributed by atoms with Crippen molar-refractivity contribution in [1.82, 2.24) is 10.2 Å². The van der Waals surface area contributed by atoms with Gasteiger partial charge in [0, 0.05) is 13.1 Å². The van der Waals surface area contributed by atoms with Crippen LogP contribution in [0.1, 0.15) is 43.0 Å². The molecule has 3 aromatic rings. The van der Waals surface area contributed by atoms with Crippen molar-refractivity contribution in [3.63, 3.8) is 0 Å². The number of carbonyl (C=O) groups is 2. The predicted octanol–water partition coefficient (Wildman–Crippen LogP) is 5.00. The topological polar surface area (TPSA) is 86.8 Å². The van der Waals surface area contributed by atoms with Crippen LogP contribution >= 0.6 is 0 Å². The van der Waals surface area contributed by atoms with Gasteiger partial charge in [-0.3, -0.25) is 13.9 Å². The van der Waals surface area contributed by atoms with E-state index in [1.54, 1.807) is 43.3 Å². The number of benzene rings is 3. The number of anilines is 1. The Morgan fingerprint density at radius 2 is 1.41 bits per heavy atom. The van der Waals surface area contributed by atoms with Crippen molar-refractivity contribution in [3.05, 3.63) is 95.1 Å². The van der Waals surface area contributed by atoms with Crippen LogP contribution in [0.4, 0.5) is 5.69 Å². The predicted molar refractivity (Wildman–Crippen MR) is 156 cm³/mol. The normalized spacial score (nSPS) is 12.2. The number of hydrogen-bond acceptors (Lipinski definition) is 4. The molecule has 2 amide bonds. The summed E-state index contributed by atoms with van der Waals surface area (Å²) in [4.78, 5) is 28.7. The van der Waals surface area contributed by atoms with Crippen molar-refractivity contribution in [2.75, 3.05) is 17.4 Å². The standard InChI is InChI=1S/C31H39N3O4S/c1-22(2)19-32-31(36)26(6)33(20-27-13-9-7-11-24(27)4)30(35)21-34(29-14-10-8-12-25(29)5)39(37,38)28-17-15-23(3)16-18-28/h7-18,22,26H,19-21H2,1-6H3,(H,32,36)/t26-/m1/s1. The summed E-state index contributed by atoms with van der Waals surface area (Å²) in [7, 11) is -4.09. The highest BCUT2D eigenvalue weighted by Crippen LogP contribution is 2.27. The molecule has 39 heavy (non-hydrogen) atoms. The summed E-state index contributed by atoms with van der Waals surface area (Å²) in [6.45, 7) is 11.5. The molecule has 0 aliphatic carbocycles. The molecule has 0 fully saturated rings. The second-order valence-electron chi connectivity index (χ2n) is 10.4. The molecule has 0 aliphatic heterocycles. The molecular formula is C31H39N3O4S. The SMILES string of the molecule is Cc1ccc(S(=O)(=O)N(CC(=O)N(Cc2ccccc2C)[C@H](C)C(=O)NCC(C)C)c2ccccc2C)cc1. The lowest BCUT2D eigenvalue weighted by Crippen LogP contribution is -2.51.